The quantitative estimate of drug-likeness (QED) is 0.914. The number of nitrogens with one attached hydrogen (secondary N) is 1. The largest absolute Gasteiger partial charge is 0.381 e. The molecule has 1 aliphatic heterocycles. The summed E-state index contributed by atoms with van der Waals surface area (Å²) in [6.45, 7) is 2.19. The maximum absolute atomic E-state index is 13.4. The smallest absolute Gasteiger partial charge is 0.321 e. The number of amides is 2. The SMILES string of the molecule is CN(CC1CCOCC1)C(=O)Nc1ccccc1F. The van der Waals surface area contributed by atoms with Crippen molar-refractivity contribution in [2.75, 3.05) is 32.1 Å². The summed E-state index contributed by atoms with van der Waals surface area (Å²) < 4.78 is 18.7. The van der Waals surface area contributed by atoms with Crippen LogP contribution in [0.5, 0.6) is 0 Å². The van der Waals surface area contributed by atoms with Gasteiger partial charge in [-0.1, -0.05) is 12.1 Å². The van der Waals surface area contributed by atoms with Crippen LogP contribution in [0.4, 0.5) is 14.9 Å². The van der Waals surface area contributed by atoms with Crippen LogP contribution >= 0.6 is 0 Å². The predicted octanol–water partition coefficient (Wildman–Crippen LogP) is 2.72. The Morgan fingerprint density at radius 3 is 2.79 bits per heavy atom. The van der Waals surface area contributed by atoms with E-state index in [-0.39, 0.29) is 11.7 Å². The number of anilines is 1. The fraction of sp³-hybridized carbons (Fsp3) is 0.500. The lowest BCUT2D eigenvalue weighted by Gasteiger charge is -2.27. The molecule has 1 aliphatic rings. The molecule has 1 aromatic rings. The highest BCUT2D eigenvalue weighted by Crippen LogP contribution is 2.17. The summed E-state index contributed by atoms with van der Waals surface area (Å²) in [5, 5.41) is 2.58. The van der Waals surface area contributed by atoms with Crippen molar-refractivity contribution in [3.63, 3.8) is 0 Å². The zero-order valence-corrected chi connectivity index (χ0v) is 11.1. The molecule has 1 heterocycles. The molecule has 4 nitrogen and oxygen atoms in total. The number of halogens is 1. The molecule has 19 heavy (non-hydrogen) atoms. The molecular weight excluding hydrogens is 247 g/mol. The minimum Gasteiger partial charge on any atom is -0.381 e. The van der Waals surface area contributed by atoms with E-state index in [2.05, 4.69) is 5.32 Å². The van der Waals surface area contributed by atoms with Crippen molar-refractivity contribution < 1.29 is 13.9 Å². The first-order valence-corrected chi connectivity index (χ1v) is 6.51. The number of ether oxygens (including phenoxy) is 1. The number of rotatable bonds is 3. The Hall–Kier alpha value is -1.62. The van der Waals surface area contributed by atoms with Gasteiger partial charge in [0.15, 0.2) is 0 Å². The molecular formula is C14H19FN2O2. The summed E-state index contributed by atoms with van der Waals surface area (Å²) >= 11 is 0. The fourth-order valence-corrected chi connectivity index (χ4v) is 2.17. The maximum atomic E-state index is 13.4. The zero-order valence-electron chi connectivity index (χ0n) is 11.1. The average molecular weight is 266 g/mol. The normalized spacial score (nSPS) is 16.1. The van der Waals surface area contributed by atoms with Crippen molar-refractivity contribution >= 4 is 11.7 Å². The molecule has 0 saturated carbocycles. The molecule has 1 N–H and O–H groups in total. The Kier molecular flexibility index (Phi) is 4.74. The first kappa shape index (κ1) is 13.8. The molecule has 0 aliphatic carbocycles. The molecule has 0 radical (unpaired) electrons. The van der Waals surface area contributed by atoms with Gasteiger partial charge in [-0.25, -0.2) is 9.18 Å². The third kappa shape index (κ3) is 3.92. The Bertz CT molecular complexity index is 433. The molecule has 2 amide bonds. The van der Waals surface area contributed by atoms with Crippen LogP contribution in [0.1, 0.15) is 12.8 Å². The van der Waals surface area contributed by atoms with Crippen molar-refractivity contribution in [2.45, 2.75) is 12.8 Å². The fourth-order valence-electron chi connectivity index (χ4n) is 2.17. The van der Waals surface area contributed by atoms with Crippen LogP contribution in [0, 0.1) is 11.7 Å². The third-order valence-corrected chi connectivity index (χ3v) is 3.34. The van der Waals surface area contributed by atoms with E-state index in [1.807, 2.05) is 0 Å². The summed E-state index contributed by atoms with van der Waals surface area (Å²) in [5.41, 5.74) is 0.214. The Balaban J connectivity index is 1.87. The molecule has 0 atom stereocenters. The predicted molar refractivity (Wildman–Crippen MR) is 71.6 cm³/mol. The molecule has 0 aromatic heterocycles. The van der Waals surface area contributed by atoms with E-state index >= 15 is 0 Å². The number of para-hydroxylation sites is 1. The second-order valence-corrected chi connectivity index (χ2v) is 4.85. The molecule has 0 unspecified atom stereocenters. The minimum atomic E-state index is -0.421. The van der Waals surface area contributed by atoms with E-state index < -0.39 is 5.82 Å². The van der Waals surface area contributed by atoms with E-state index in [4.69, 9.17) is 4.74 Å². The van der Waals surface area contributed by atoms with Crippen LogP contribution in [-0.2, 0) is 4.74 Å². The van der Waals surface area contributed by atoms with Crippen LogP contribution < -0.4 is 5.32 Å². The minimum absolute atomic E-state index is 0.214. The van der Waals surface area contributed by atoms with Gasteiger partial charge in [-0.2, -0.15) is 0 Å². The van der Waals surface area contributed by atoms with E-state index in [1.165, 1.54) is 6.07 Å². The summed E-state index contributed by atoms with van der Waals surface area (Å²) in [5.74, 6) is 0.0421. The van der Waals surface area contributed by atoms with Gasteiger partial charge in [0, 0.05) is 26.8 Å². The van der Waals surface area contributed by atoms with Gasteiger partial charge in [0.25, 0.3) is 0 Å². The zero-order chi connectivity index (χ0) is 13.7. The Morgan fingerprint density at radius 2 is 2.11 bits per heavy atom. The highest BCUT2D eigenvalue weighted by molar-refractivity contribution is 5.89. The molecule has 2 rings (SSSR count). The van der Waals surface area contributed by atoms with Gasteiger partial charge in [0.05, 0.1) is 5.69 Å². The van der Waals surface area contributed by atoms with Gasteiger partial charge in [0.1, 0.15) is 5.82 Å². The monoisotopic (exact) mass is 266 g/mol. The van der Waals surface area contributed by atoms with Crippen molar-refractivity contribution in [1.29, 1.82) is 0 Å². The van der Waals surface area contributed by atoms with Crippen molar-refractivity contribution in [1.82, 2.24) is 4.90 Å². The maximum Gasteiger partial charge on any atom is 0.321 e. The molecule has 104 valence electrons. The van der Waals surface area contributed by atoms with E-state index in [1.54, 1.807) is 30.1 Å². The number of urea groups is 1. The van der Waals surface area contributed by atoms with Crippen LogP contribution in [0.2, 0.25) is 0 Å². The molecule has 1 aromatic carbocycles. The van der Waals surface area contributed by atoms with Crippen LogP contribution in [0.15, 0.2) is 24.3 Å². The van der Waals surface area contributed by atoms with Crippen LogP contribution in [0.25, 0.3) is 0 Å². The molecule has 0 spiro atoms. The average Bonchev–Trinajstić information content (AvgIpc) is 2.42. The number of benzene rings is 1. The van der Waals surface area contributed by atoms with E-state index in [9.17, 15) is 9.18 Å². The van der Waals surface area contributed by atoms with E-state index in [0.29, 0.717) is 12.5 Å². The first-order valence-electron chi connectivity index (χ1n) is 6.51. The van der Waals surface area contributed by atoms with Gasteiger partial charge in [-0.15, -0.1) is 0 Å². The molecule has 1 saturated heterocycles. The number of nitrogens with zero attached hydrogens (tertiary/aromatic N) is 1. The van der Waals surface area contributed by atoms with Crippen molar-refractivity contribution in [3.05, 3.63) is 30.1 Å². The lowest BCUT2D eigenvalue weighted by Crippen LogP contribution is -2.37. The third-order valence-electron chi connectivity index (χ3n) is 3.34. The van der Waals surface area contributed by atoms with Gasteiger partial charge < -0.3 is 15.0 Å². The number of carbonyl (C=O) groups is 1. The second kappa shape index (κ2) is 6.52. The van der Waals surface area contributed by atoms with Gasteiger partial charge >= 0.3 is 6.03 Å². The molecule has 0 bridgehead atoms. The summed E-state index contributed by atoms with van der Waals surface area (Å²) in [6.07, 6.45) is 1.94. The number of hydrogen-bond donors (Lipinski definition) is 1. The number of hydrogen-bond acceptors (Lipinski definition) is 2. The lowest BCUT2D eigenvalue weighted by molar-refractivity contribution is 0.0592. The van der Waals surface area contributed by atoms with Crippen molar-refractivity contribution in [3.8, 4) is 0 Å². The highest BCUT2D eigenvalue weighted by atomic mass is 19.1. The van der Waals surface area contributed by atoms with Crippen molar-refractivity contribution in [2.24, 2.45) is 5.92 Å². The Morgan fingerprint density at radius 1 is 1.42 bits per heavy atom. The van der Waals surface area contributed by atoms with Crippen LogP contribution in [0.3, 0.4) is 0 Å². The van der Waals surface area contributed by atoms with Crippen LogP contribution in [-0.4, -0.2) is 37.7 Å². The molecule has 1 fully saturated rings. The second-order valence-electron chi connectivity index (χ2n) is 4.85. The lowest BCUT2D eigenvalue weighted by atomic mass is 10.00. The molecule has 5 heteroatoms. The standard InChI is InChI=1S/C14H19FN2O2/c1-17(10-11-6-8-19-9-7-11)14(18)16-13-5-3-2-4-12(13)15/h2-5,11H,6-10H2,1H3,(H,16,18). The van der Waals surface area contributed by atoms with E-state index in [0.717, 1.165) is 26.1 Å². The topological polar surface area (TPSA) is 41.6 Å². The summed E-state index contributed by atoms with van der Waals surface area (Å²) in [4.78, 5) is 13.6. The number of carbonyl (C=O) groups excluding carboxylic acids is 1. The van der Waals surface area contributed by atoms with Gasteiger partial charge in [0.2, 0.25) is 0 Å². The van der Waals surface area contributed by atoms with Gasteiger partial charge in [-0.3, -0.25) is 0 Å². The summed E-state index contributed by atoms with van der Waals surface area (Å²) in [6, 6.07) is 5.88. The Labute approximate surface area is 112 Å². The van der Waals surface area contributed by atoms with Gasteiger partial charge in [-0.05, 0) is 30.9 Å². The highest BCUT2D eigenvalue weighted by Gasteiger charge is 2.19. The summed E-state index contributed by atoms with van der Waals surface area (Å²) in [7, 11) is 1.73. The first-order chi connectivity index (χ1) is 9.16.